The number of benzene rings is 2. The van der Waals surface area contributed by atoms with Crippen molar-refractivity contribution in [3.05, 3.63) is 48.0 Å². The minimum Gasteiger partial charge on any atom is -0.382 e. The normalized spacial score (nSPS) is 17.1. The number of rotatable bonds is 8. The molecule has 3 rings (SSSR count). The predicted octanol–water partition coefficient (Wildman–Crippen LogP) is 4.27. The summed E-state index contributed by atoms with van der Waals surface area (Å²) in [5.74, 6) is 0.869. The van der Waals surface area contributed by atoms with Gasteiger partial charge in [-0.3, -0.25) is 4.99 Å². The third kappa shape index (κ3) is 4.55. The lowest BCUT2D eigenvalue weighted by molar-refractivity contribution is 0.128. The molecule has 2 N–H and O–H groups in total. The highest BCUT2D eigenvalue weighted by atomic mass is 16.5. The van der Waals surface area contributed by atoms with Crippen molar-refractivity contribution in [2.75, 3.05) is 26.8 Å². The average Bonchev–Trinajstić information content (AvgIpc) is 3.44. The molecule has 0 aliphatic heterocycles. The second-order valence-corrected chi connectivity index (χ2v) is 7.31. The van der Waals surface area contributed by atoms with Crippen LogP contribution in [0, 0.1) is 5.41 Å². The van der Waals surface area contributed by atoms with Crippen LogP contribution in [-0.2, 0) is 4.74 Å². The molecule has 0 amide bonds. The number of hydrogen-bond acceptors (Lipinski definition) is 2. The molecule has 1 aliphatic rings. The van der Waals surface area contributed by atoms with Gasteiger partial charge in [-0.1, -0.05) is 42.5 Å². The van der Waals surface area contributed by atoms with Crippen LogP contribution in [-0.4, -0.2) is 32.8 Å². The quantitative estimate of drug-likeness (QED) is 0.423. The van der Waals surface area contributed by atoms with Crippen molar-refractivity contribution >= 4 is 16.7 Å². The van der Waals surface area contributed by atoms with Gasteiger partial charge in [0.2, 0.25) is 0 Å². The highest BCUT2D eigenvalue weighted by molar-refractivity contribution is 5.87. The lowest BCUT2D eigenvalue weighted by Gasteiger charge is -2.22. The number of hydrogen-bond donors (Lipinski definition) is 2. The Morgan fingerprint density at radius 2 is 1.96 bits per heavy atom. The van der Waals surface area contributed by atoms with E-state index in [2.05, 4.69) is 71.9 Å². The molecule has 4 heteroatoms. The molecule has 2 aromatic carbocycles. The van der Waals surface area contributed by atoms with Crippen LogP contribution in [0.25, 0.3) is 10.8 Å². The molecule has 1 saturated carbocycles. The second-order valence-electron chi connectivity index (χ2n) is 7.31. The summed E-state index contributed by atoms with van der Waals surface area (Å²) in [7, 11) is 1.84. The van der Waals surface area contributed by atoms with Gasteiger partial charge in [-0.15, -0.1) is 0 Å². The Bertz CT molecular complexity index is 747. The summed E-state index contributed by atoms with van der Waals surface area (Å²) in [6, 6.07) is 15.2. The molecule has 2 aromatic rings. The van der Waals surface area contributed by atoms with Crippen molar-refractivity contribution < 1.29 is 4.74 Å². The molecule has 140 valence electrons. The van der Waals surface area contributed by atoms with Gasteiger partial charge in [-0.25, -0.2) is 0 Å². The van der Waals surface area contributed by atoms with Gasteiger partial charge in [-0.05, 0) is 54.9 Å². The average molecular weight is 354 g/mol. The Balaban J connectivity index is 1.59. The molecule has 4 nitrogen and oxygen atoms in total. The summed E-state index contributed by atoms with van der Waals surface area (Å²) in [6.07, 6.45) is 3.69. The van der Waals surface area contributed by atoms with Crippen LogP contribution in [0.5, 0.6) is 0 Å². The van der Waals surface area contributed by atoms with Gasteiger partial charge in [0.25, 0.3) is 0 Å². The number of aliphatic imine (C=N–C) groups is 1. The van der Waals surface area contributed by atoms with Crippen LogP contribution in [0.15, 0.2) is 47.5 Å². The van der Waals surface area contributed by atoms with Crippen molar-refractivity contribution in [1.29, 1.82) is 0 Å². The third-order valence-electron chi connectivity index (χ3n) is 5.44. The first-order valence-corrected chi connectivity index (χ1v) is 9.70. The van der Waals surface area contributed by atoms with Gasteiger partial charge in [0, 0.05) is 26.8 Å². The fourth-order valence-electron chi connectivity index (χ4n) is 3.50. The second kappa shape index (κ2) is 8.54. The maximum absolute atomic E-state index is 5.53. The fraction of sp³-hybridized carbons (Fsp3) is 0.500. The van der Waals surface area contributed by atoms with Crippen LogP contribution in [0.2, 0.25) is 0 Å². The molecule has 1 aliphatic carbocycles. The van der Waals surface area contributed by atoms with Crippen LogP contribution in [0.1, 0.15) is 44.7 Å². The Hall–Kier alpha value is -2.07. The van der Waals surface area contributed by atoms with Crippen molar-refractivity contribution in [2.24, 2.45) is 10.4 Å². The molecular formula is C22H31N3O. The Morgan fingerprint density at radius 3 is 2.69 bits per heavy atom. The van der Waals surface area contributed by atoms with Gasteiger partial charge < -0.3 is 15.4 Å². The van der Waals surface area contributed by atoms with E-state index in [1.54, 1.807) is 0 Å². The summed E-state index contributed by atoms with van der Waals surface area (Å²) < 4.78 is 5.53. The van der Waals surface area contributed by atoms with Crippen molar-refractivity contribution in [3.63, 3.8) is 0 Å². The number of guanidine groups is 1. The largest absolute Gasteiger partial charge is 0.382 e. The molecule has 0 spiro atoms. The number of fused-ring (bicyclic) bond motifs is 1. The third-order valence-corrected chi connectivity index (χ3v) is 5.44. The van der Waals surface area contributed by atoms with Gasteiger partial charge in [0.1, 0.15) is 0 Å². The topological polar surface area (TPSA) is 45.6 Å². The summed E-state index contributed by atoms with van der Waals surface area (Å²) >= 11 is 0. The smallest absolute Gasteiger partial charge is 0.191 e. The highest BCUT2D eigenvalue weighted by Gasteiger charge is 2.42. The monoisotopic (exact) mass is 353 g/mol. The maximum atomic E-state index is 5.53. The molecule has 1 atom stereocenters. The Morgan fingerprint density at radius 1 is 1.19 bits per heavy atom. The number of ether oxygens (including phenoxy) is 1. The van der Waals surface area contributed by atoms with E-state index in [1.807, 2.05) is 7.05 Å². The molecule has 1 unspecified atom stereocenters. The van der Waals surface area contributed by atoms with E-state index in [0.717, 1.165) is 32.1 Å². The lowest BCUT2D eigenvalue weighted by atomic mass is 10.00. The summed E-state index contributed by atoms with van der Waals surface area (Å²) in [6.45, 7) is 6.86. The van der Waals surface area contributed by atoms with E-state index in [4.69, 9.17) is 4.74 Å². The predicted molar refractivity (Wildman–Crippen MR) is 110 cm³/mol. The maximum Gasteiger partial charge on any atom is 0.191 e. The van der Waals surface area contributed by atoms with Crippen molar-refractivity contribution in [1.82, 2.24) is 10.6 Å². The van der Waals surface area contributed by atoms with Gasteiger partial charge in [0.05, 0.1) is 6.04 Å². The standard InChI is InChI=1S/C22H31N3O/c1-4-26-15-14-22(12-13-22)16-24-21(23-3)25-17(2)19-11-7-9-18-8-5-6-10-20(18)19/h5-11,17H,4,12-16H2,1-3H3,(H2,23,24,25). The molecule has 26 heavy (non-hydrogen) atoms. The van der Waals surface area contributed by atoms with E-state index >= 15 is 0 Å². The fourth-order valence-corrected chi connectivity index (χ4v) is 3.50. The minimum absolute atomic E-state index is 0.186. The first-order chi connectivity index (χ1) is 12.7. The molecule has 0 aromatic heterocycles. The first kappa shape index (κ1) is 18.7. The SMILES string of the molecule is CCOCCC1(CNC(=NC)NC(C)c2cccc3ccccc23)CC1. The summed E-state index contributed by atoms with van der Waals surface area (Å²) in [4.78, 5) is 4.42. The molecule has 1 fully saturated rings. The summed E-state index contributed by atoms with van der Waals surface area (Å²) in [5.41, 5.74) is 1.69. The number of nitrogens with zero attached hydrogens (tertiary/aromatic N) is 1. The highest BCUT2D eigenvalue weighted by Crippen LogP contribution is 2.48. The Labute approximate surface area is 157 Å². The first-order valence-electron chi connectivity index (χ1n) is 9.70. The van der Waals surface area contributed by atoms with E-state index in [0.29, 0.717) is 5.41 Å². The number of nitrogens with one attached hydrogen (secondary N) is 2. The van der Waals surface area contributed by atoms with E-state index in [-0.39, 0.29) is 6.04 Å². The molecule has 0 bridgehead atoms. The Kier molecular flexibility index (Phi) is 6.15. The molecular weight excluding hydrogens is 322 g/mol. The zero-order valence-corrected chi connectivity index (χ0v) is 16.2. The molecule has 0 heterocycles. The lowest BCUT2D eigenvalue weighted by Crippen LogP contribution is -2.41. The van der Waals surface area contributed by atoms with Crippen LogP contribution in [0.3, 0.4) is 0 Å². The van der Waals surface area contributed by atoms with E-state index in [9.17, 15) is 0 Å². The van der Waals surface area contributed by atoms with Gasteiger partial charge >= 0.3 is 0 Å². The summed E-state index contributed by atoms with van der Waals surface area (Å²) in [5, 5.41) is 9.65. The molecule has 0 saturated heterocycles. The zero-order chi connectivity index (χ0) is 18.4. The van der Waals surface area contributed by atoms with Crippen molar-refractivity contribution in [3.8, 4) is 0 Å². The van der Waals surface area contributed by atoms with Crippen LogP contribution in [0.4, 0.5) is 0 Å². The van der Waals surface area contributed by atoms with E-state index in [1.165, 1.54) is 29.2 Å². The van der Waals surface area contributed by atoms with Crippen LogP contribution < -0.4 is 10.6 Å². The van der Waals surface area contributed by atoms with Gasteiger partial charge in [0.15, 0.2) is 5.96 Å². The molecule has 0 radical (unpaired) electrons. The van der Waals surface area contributed by atoms with Gasteiger partial charge in [-0.2, -0.15) is 0 Å². The minimum atomic E-state index is 0.186. The zero-order valence-electron chi connectivity index (χ0n) is 16.2. The van der Waals surface area contributed by atoms with Crippen LogP contribution >= 0.6 is 0 Å². The van der Waals surface area contributed by atoms with E-state index < -0.39 is 0 Å². The van der Waals surface area contributed by atoms with Crippen molar-refractivity contribution in [2.45, 2.75) is 39.2 Å².